The summed E-state index contributed by atoms with van der Waals surface area (Å²) in [7, 11) is 0. The molecule has 3 rings (SSSR count). The molecule has 0 unspecified atom stereocenters. The Balaban J connectivity index is 2.02. The van der Waals surface area contributed by atoms with Crippen molar-refractivity contribution in [2.45, 2.75) is 13.5 Å². The zero-order valence-electron chi connectivity index (χ0n) is 11.5. The zero-order valence-corrected chi connectivity index (χ0v) is 12.2. The molecule has 0 radical (unpaired) electrons. The first kappa shape index (κ1) is 13.6. The normalized spacial score (nSPS) is 10.8. The number of aryl methyl sites for hydroxylation is 1. The average Bonchev–Trinajstić information content (AvgIpc) is 2.92. The van der Waals surface area contributed by atoms with Crippen LogP contribution in [0.3, 0.4) is 0 Å². The van der Waals surface area contributed by atoms with Crippen molar-refractivity contribution in [3.63, 3.8) is 0 Å². The Morgan fingerprint density at radius 3 is 2.81 bits per heavy atom. The highest BCUT2D eigenvalue weighted by atomic mass is 35.5. The summed E-state index contributed by atoms with van der Waals surface area (Å²) in [6, 6.07) is 13.3. The second kappa shape index (κ2) is 5.54. The average molecular weight is 300 g/mol. The fourth-order valence-electron chi connectivity index (χ4n) is 2.17. The standard InChI is InChI=1S/C15H14ClN5/c1-10-6-7-12(17)8-13(10)15-18-19-20-21(15)9-11-4-2-3-5-14(11)16/h2-8H,9,17H2,1H3. The smallest absolute Gasteiger partial charge is 0.182 e. The third-order valence-electron chi connectivity index (χ3n) is 3.31. The molecule has 0 saturated carbocycles. The Morgan fingerprint density at radius 1 is 1.19 bits per heavy atom. The van der Waals surface area contributed by atoms with Crippen LogP contribution in [0.4, 0.5) is 5.69 Å². The van der Waals surface area contributed by atoms with E-state index in [0.29, 0.717) is 23.1 Å². The molecule has 21 heavy (non-hydrogen) atoms. The van der Waals surface area contributed by atoms with Crippen molar-refractivity contribution in [1.29, 1.82) is 0 Å². The first-order valence-corrected chi connectivity index (χ1v) is 6.89. The summed E-state index contributed by atoms with van der Waals surface area (Å²) >= 11 is 6.19. The van der Waals surface area contributed by atoms with Gasteiger partial charge in [-0.15, -0.1) is 5.10 Å². The van der Waals surface area contributed by atoms with E-state index in [-0.39, 0.29) is 0 Å². The minimum atomic E-state index is 0.510. The van der Waals surface area contributed by atoms with E-state index in [2.05, 4.69) is 15.5 Å². The van der Waals surface area contributed by atoms with Crippen molar-refractivity contribution in [3.05, 3.63) is 58.6 Å². The Kier molecular flexibility index (Phi) is 3.58. The van der Waals surface area contributed by atoms with Crippen molar-refractivity contribution in [2.24, 2.45) is 0 Å². The lowest BCUT2D eigenvalue weighted by Gasteiger charge is -2.09. The van der Waals surface area contributed by atoms with Crippen LogP contribution in [-0.4, -0.2) is 20.2 Å². The van der Waals surface area contributed by atoms with Crippen molar-refractivity contribution in [2.75, 3.05) is 5.73 Å². The first-order chi connectivity index (χ1) is 10.1. The van der Waals surface area contributed by atoms with E-state index in [4.69, 9.17) is 17.3 Å². The molecule has 1 heterocycles. The van der Waals surface area contributed by atoms with Gasteiger partial charge >= 0.3 is 0 Å². The van der Waals surface area contributed by atoms with Gasteiger partial charge in [0.1, 0.15) is 0 Å². The van der Waals surface area contributed by atoms with E-state index < -0.39 is 0 Å². The zero-order chi connectivity index (χ0) is 14.8. The van der Waals surface area contributed by atoms with E-state index in [9.17, 15) is 0 Å². The first-order valence-electron chi connectivity index (χ1n) is 6.51. The van der Waals surface area contributed by atoms with Crippen molar-refractivity contribution in [1.82, 2.24) is 20.2 Å². The Bertz CT molecular complexity index is 781. The van der Waals surface area contributed by atoms with Crippen LogP contribution in [0.15, 0.2) is 42.5 Å². The SMILES string of the molecule is Cc1ccc(N)cc1-c1nnnn1Cc1ccccc1Cl. The van der Waals surface area contributed by atoms with Gasteiger partial charge in [-0.25, -0.2) is 4.68 Å². The number of anilines is 1. The Morgan fingerprint density at radius 2 is 2.00 bits per heavy atom. The molecule has 106 valence electrons. The van der Waals surface area contributed by atoms with Gasteiger partial charge < -0.3 is 5.73 Å². The summed E-state index contributed by atoms with van der Waals surface area (Å²) < 4.78 is 1.73. The molecule has 0 spiro atoms. The molecule has 1 aromatic heterocycles. The van der Waals surface area contributed by atoms with E-state index >= 15 is 0 Å². The highest BCUT2D eigenvalue weighted by Gasteiger charge is 2.13. The third kappa shape index (κ3) is 2.73. The molecule has 5 nitrogen and oxygen atoms in total. The fraction of sp³-hybridized carbons (Fsp3) is 0.133. The molecule has 0 aliphatic heterocycles. The maximum absolute atomic E-state index is 6.19. The summed E-state index contributed by atoms with van der Waals surface area (Å²) in [5, 5.41) is 12.6. The maximum atomic E-state index is 6.19. The number of halogens is 1. The van der Waals surface area contributed by atoms with E-state index in [0.717, 1.165) is 16.7 Å². The lowest BCUT2D eigenvalue weighted by Crippen LogP contribution is -2.05. The monoisotopic (exact) mass is 299 g/mol. The number of tetrazole rings is 1. The molecule has 0 amide bonds. The van der Waals surface area contributed by atoms with E-state index in [1.807, 2.05) is 49.4 Å². The number of hydrogen-bond donors (Lipinski definition) is 1. The van der Waals surface area contributed by atoms with Crippen LogP contribution in [0.2, 0.25) is 5.02 Å². The Hall–Kier alpha value is -2.40. The number of rotatable bonds is 3. The summed E-state index contributed by atoms with van der Waals surface area (Å²) in [4.78, 5) is 0. The van der Waals surface area contributed by atoms with Crippen LogP contribution in [0.25, 0.3) is 11.4 Å². The van der Waals surface area contributed by atoms with Gasteiger partial charge in [0, 0.05) is 16.3 Å². The molecule has 2 N–H and O–H groups in total. The van der Waals surface area contributed by atoms with Crippen LogP contribution < -0.4 is 5.73 Å². The van der Waals surface area contributed by atoms with Crippen LogP contribution in [0.5, 0.6) is 0 Å². The van der Waals surface area contributed by atoms with E-state index in [1.54, 1.807) is 4.68 Å². The topological polar surface area (TPSA) is 69.6 Å². The Labute approximate surface area is 127 Å². The van der Waals surface area contributed by atoms with Crippen molar-refractivity contribution < 1.29 is 0 Å². The number of benzene rings is 2. The molecular weight excluding hydrogens is 286 g/mol. The molecule has 0 bridgehead atoms. The molecule has 0 atom stereocenters. The van der Waals surface area contributed by atoms with Gasteiger partial charge in [0.15, 0.2) is 5.82 Å². The quantitative estimate of drug-likeness (QED) is 0.755. The predicted molar refractivity (Wildman–Crippen MR) is 83.0 cm³/mol. The second-order valence-electron chi connectivity index (χ2n) is 4.83. The van der Waals surface area contributed by atoms with Crippen LogP contribution in [0.1, 0.15) is 11.1 Å². The number of hydrogen-bond acceptors (Lipinski definition) is 4. The van der Waals surface area contributed by atoms with Gasteiger partial charge in [0.25, 0.3) is 0 Å². The lowest BCUT2D eigenvalue weighted by atomic mass is 10.1. The molecule has 3 aromatic rings. The van der Waals surface area contributed by atoms with Gasteiger partial charge in [-0.2, -0.15) is 0 Å². The lowest BCUT2D eigenvalue weighted by molar-refractivity contribution is 0.653. The fourth-order valence-corrected chi connectivity index (χ4v) is 2.37. The summed E-state index contributed by atoms with van der Waals surface area (Å²) in [6.45, 7) is 2.51. The highest BCUT2D eigenvalue weighted by molar-refractivity contribution is 6.31. The van der Waals surface area contributed by atoms with Crippen LogP contribution in [-0.2, 0) is 6.54 Å². The second-order valence-corrected chi connectivity index (χ2v) is 5.23. The predicted octanol–water partition coefficient (Wildman–Crippen LogP) is 2.93. The number of nitrogens with zero attached hydrogens (tertiary/aromatic N) is 4. The van der Waals surface area contributed by atoms with Gasteiger partial charge in [-0.3, -0.25) is 0 Å². The summed E-state index contributed by atoms with van der Waals surface area (Å²) in [5.74, 6) is 0.680. The largest absolute Gasteiger partial charge is 0.399 e. The highest BCUT2D eigenvalue weighted by Crippen LogP contribution is 2.24. The molecule has 2 aromatic carbocycles. The third-order valence-corrected chi connectivity index (χ3v) is 3.68. The minimum Gasteiger partial charge on any atom is -0.399 e. The maximum Gasteiger partial charge on any atom is 0.182 e. The van der Waals surface area contributed by atoms with Crippen LogP contribution >= 0.6 is 11.6 Å². The van der Waals surface area contributed by atoms with Gasteiger partial charge in [0.05, 0.1) is 6.54 Å². The number of nitrogens with two attached hydrogens (primary N) is 1. The molecule has 6 heteroatoms. The molecular formula is C15H14ClN5. The molecule has 0 fully saturated rings. The van der Waals surface area contributed by atoms with Crippen molar-refractivity contribution >= 4 is 17.3 Å². The number of nitrogen functional groups attached to an aromatic ring is 1. The minimum absolute atomic E-state index is 0.510. The van der Waals surface area contributed by atoms with Gasteiger partial charge in [0.2, 0.25) is 0 Å². The van der Waals surface area contributed by atoms with Crippen LogP contribution in [0, 0.1) is 6.92 Å². The summed E-state index contributed by atoms with van der Waals surface area (Å²) in [6.07, 6.45) is 0. The van der Waals surface area contributed by atoms with Gasteiger partial charge in [-0.05, 0) is 46.7 Å². The molecule has 0 saturated heterocycles. The summed E-state index contributed by atoms with van der Waals surface area (Å²) in [5.41, 5.74) is 9.50. The van der Waals surface area contributed by atoms with Gasteiger partial charge in [-0.1, -0.05) is 35.9 Å². The van der Waals surface area contributed by atoms with Crippen molar-refractivity contribution in [3.8, 4) is 11.4 Å². The molecule has 0 aliphatic rings. The van der Waals surface area contributed by atoms with E-state index in [1.165, 1.54) is 0 Å². The number of aromatic nitrogens is 4. The molecule has 0 aliphatic carbocycles.